The summed E-state index contributed by atoms with van der Waals surface area (Å²) in [5.74, 6) is -2.96. The molecule has 62 heavy (non-hydrogen) atoms. The normalized spacial score (nSPS) is 37.7. The minimum Gasteiger partial charge on any atom is -0.462 e. The zero-order valence-electron chi connectivity index (χ0n) is 39.3. The molecule has 0 saturated carbocycles. The predicted octanol–water partition coefficient (Wildman–Crippen LogP) is 5.31. The van der Waals surface area contributed by atoms with Crippen LogP contribution in [-0.2, 0) is 71.3 Å². The molecule has 3 aliphatic heterocycles. The van der Waals surface area contributed by atoms with E-state index in [0.29, 0.717) is 31.7 Å². The second kappa shape index (κ2) is 25.4. The Labute approximate surface area is 368 Å². The van der Waals surface area contributed by atoms with Gasteiger partial charge in [0, 0.05) is 59.4 Å². The average Bonchev–Trinajstić information content (AvgIpc) is 3.18. The van der Waals surface area contributed by atoms with Crippen LogP contribution in [0.5, 0.6) is 0 Å². The number of methoxy groups -OCH3 is 2. The highest BCUT2D eigenvalue weighted by Gasteiger charge is 2.54. The molecule has 3 aliphatic rings. The molecule has 16 heteroatoms. The third kappa shape index (κ3) is 15.3. The van der Waals surface area contributed by atoms with Crippen LogP contribution in [-0.4, -0.2) is 149 Å². The van der Waals surface area contributed by atoms with Crippen molar-refractivity contribution in [3.05, 3.63) is 24.3 Å². The van der Waals surface area contributed by atoms with Crippen molar-refractivity contribution in [2.24, 2.45) is 17.8 Å². The summed E-state index contributed by atoms with van der Waals surface area (Å²) in [5, 5.41) is 0. The van der Waals surface area contributed by atoms with Crippen molar-refractivity contribution in [1.29, 1.82) is 0 Å². The highest BCUT2D eigenvalue weighted by molar-refractivity contribution is 5.91. The first kappa shape index (κ1) is 53.2. The number of carbonyl (C=O) groups excluding carboxylic acids is 5. The van der Waals surface area contributed by atoms with E-state index in [1.54, 1.807) is 53.0 Å². The first-order chi connectivity index (χ1) is 29.3. The van der Waals surface area contributed by atoms with Crippen molar-refractivity contribution in [2.75, 3.05) is 34.9 Å². The summed E-state index contributed by atoms with van der Waals surface area (Å²) in [6, 6.07) is -0.694. The van der Waals surface area contributed by atoms with Gasteiger partial charge in [-0.15, -0.1) is 0 Å². The van der Waals surface area contributed by atoms with Gasteiger partial charge in [0.05, 0.1) is 36.4 Å². The molecule has 0 radical (unpaired) electrons. The van der Waals surface area contributed by atoms with Gasteiger partial charge < -0.3 is 57.1 Å². The fourth-order valence-corrected chi connectivity index (χ4v) is 8.49. The van der Waals surface area contributed by atoms with Gasteiger partial charge in [-0.3, -0.25) is 19.2 Å². The lowest BCUT2D eigenvalue weighted by atomic mass is 9.83. The van der Waals surface area contributed by atoms with Gasteiger partial charge in [0.15, 0.2) is 24.5 Å². The van der Waals surface area contributed by atoms with Crippen molar-refractivity contribution in [1.82, 2.24) is 4.90 Å². The largest absolute Gasteiger partial charge is 0.462 e. The zero-order chi connectivity index (χ0) is 46.3. The van der Waals surface area contributed by atoms with Crippen molar-refractivity contribution < 1.29 is 71.3 Å². The molecule has 2 saturated heterocycles. The maximum Gasteiger partial charge on any atom is 0.309 e. The van der Waals surface area contributed by atoms with Crippen LogP contribution < -0.4 is 0 Å². The number of ether oxygens (including phenoxy) is 10. The molecule has 0 amide bonds. The number of carbonyl (C=O) groups is 5. The van der Waals surface area contributed by atoms with Crippen LogP contribution in [0.1, 0.15) is 107 Å². The number of rotatable bonds is 16. The summed E-state index contributed by atoms with van der Waals surface area (Å²) in [5.41, 5.74) is -0.757. The van der Waals surface area contributed by atoms with Crippen LogP contribution >= 0.6 is 0 Å². The maximum atomic E-state index is 13.5. The second-order valence-electron chi connectivity index (χ2n) is 17.7. The molecule has 16 nitrogen and oxygen atoms in total. The molecular formula is C46H75NO15. The van der Waals surface area contributed by atoms with Crippen molar-refractivity contribution in [3.63, 3.8) is 0 Å². The minimum absolute atomic E-state index is 0.00709. The molecule has 0 aromatic heterocycles. The maximum absolute atomic E-state index is 13.5. The van der Waals surface area contributed by atoms with E-state index in [4.69, 9.17) is 47.4 Å². The lowest BCUT2D eigenvalue weighted by molar-refractivity contribution is -0.347. The average molecular weight is 882 g/mol. The van der Waals surface area contributed by atoms with E-state index in [1.807, 2.05) is 32.8 Å². The quantitative estimate of drug-likeness (QED) is 0.110. The zero-order valence-corrected chi connectivity index (χ0v) is 39.3. The Morgan fingerprint density at radius 3 is 2.27 bits per heavy atom. The number of aldehydes is 1. The molecule has 0 N–H and O–H groups in total. The van der Waals surface area contributed by atoms with Gasteiger partial charge >= 0.3 is 17.9 Å². The van der Waals surface area contributed by atoms with Crippen LogP contribution in [0.25, 0.3) is 0 Å². The minimum atomic E-state index is -1.32. The SMILES string of the molecule is CCC(=O)O[C@@H]1CC(=O)O[C@H](C)C/C=C/C=C/C(=O)[C@H](C)C[C@H](CC=O)[C@H](O[C@@H]2O[C@H](C)[C@@H](O[C@H]3C[C@@](C)(OC)[C@@H](OCCC(C)C)[C@H](C)O3)[C@H](N(C)C)[C@H]2OC(C)=O)[C@H]1OC. The number of ketones is 1. The summed E-state index contributed by atoms with van der Waals surface area (Å²) >= 11 is 0. The summed E-state index contributed by atoms with van der Waals surface area (Å²) in [7, 11) is 6.65. The summed E-state index contributed by atoms with van der Waals surface area (Å²) in [6.45, 7) is 16.9. The molecule has 0 spiro atoms. The van der Waals surface area contributed by atoms with Gasteiger partial charge in [-0.1, -0.05) is 45.9 Å². The molecule has 0 bridgehead atoms. The van der Waals surface area contributed by atoms with E-state index in [9.17, 15) is 24.0 Å². The first-order valence-corrected chi connectivity index (χ1v) is 22.1. The van der Waals surface area contributed by atoms with Gasteiger partial charge in [-0.2, -0.15) is 0 Å². The predicted molar refractivity (Wildman–Crippen MR) is 228 cm³/mol. The number of hydrogen-bond donors (Lipinski definition) is 0. The van der Waals surface area contributed by atoms with Crippen LogP contribution in [0.2, 0.25) is 0 Å². The topological polar surface area (TPSA) is 181 Å². The van der Waals surface area contributed by atoms with Crippen molar-refractivity contribution >= 4 is 30.0 Å². The van der Waals surface area contributed by atoms with Crippen molar-refractivity contribution in [3.8, 4) is 0 Å². The smallest absolute Gasteiger partial charge is 0.309 e. The van der Waals surface area contributed by atoms with Gasteiger partial charge in [-0.05, 0) is 72.5 Å². The number of esters is 3. The second-order valence-corrected chi connectivity index (χ2v) is 17.7. The molecular weight excluding hydrogens is 806 g/mol. The molecule has 3 heterocycles. The Kier molecular flexibility index (Phi) is 21.8. The summed E-state index contributed by atoms with van der Waals surface area (Å²) < 4.78 is 62.8. The van der Waals surface area contributed by atoms with E-state index in [0.717, 1.165) is 6.42 Å². The molecule has 2 fully saturated rings. The molecule has 0 unspecified atom stereocenters. The van der Waals surface area contributed by atoms with E-state index in [-0.39, 0.29) is 31.1 Å². The lowest BCUT2D eigenvalue weighted by Crippen LogP contribution is -2.66. The number of nitrogens with zero attached hydrogens (tertiary/aromatic N) is 1. The number of likely N-dealkylation sites (N-methyl/N-ethyl adjacent to an activating group) is 1. The number of cyclic esters (lactones) is 1. The van der Waals surface area contributed by atoms with E-state index in [2.05, 4.69) is 13.8 Å². The number of hydrogen-bond acceptors (Lipinski definition) is 16. The molecule has 0 aromatic carbocycles. The van der Waals surface area contributed by atoms with Gasteiger partial charge in [0.1, 0.15) is 36.8 Å². The Morgan fingerprint density at radius 2 is 1.68 bits per heavy atom. The molecule has 0 aromatic rings. The highest BCUT2D eigenvalue weighted by atomic mass is 16.7. The van der Waals surface area contributed by atoms with E-state index >= 15 is 0 Å². The number of allylic oxidation sites excluding steroid dienone is 3. The van der Waals surface area contributed by atoms with Crippen LogP contribution in [0.3, 0.4) is 0 Å². The van der Waals surface area contributed by atoms with Crippen LogP contribution in [0.15, 0.2) is 24.3 Å². The summed E-state index contributed by atoms with van der Waals surface area (Å²) in [6.07, 6.45) is -1.16. The molecule has 15 atom stereocenters. The van der Waals surface area contributed by atoms with Gasteiger partial charge in [0.25, 0.3) is 0 Å². The van der Waals surface area contributed by atoms with Crippen LogP contribution in [0.4, 0.5) is 0 Å². The fourth-order valence-electron chi connectivity index (χ4n) is 8.49. The highest BCUT2D eigenvalue weighted by Crippen LogP contribution is 2.39. The Bertz CT molecular complexity index is 1500. The first-order valence-electron chi connectivity index (χ1n) is 22.1. The lowest BCUT2D eigenvalue weighted by Gasteiger charge is -2.51. The fraction of sp³-hybridized carbons (Fsp3) is 0.804. The molecule has 3 rings (SSSR count). The van der Waals surface area contributed by atoms with Crippen LogP contribution in [0, 0.1) is 17.8 Å². The van der Waals surface area contributed by atoms with E-state index < -0.39 is 109 Å². The molecule has 354 valence electrons. The van der Waals surface area contributed by atoms with Gasteiger partial charge in [0.2, 0.25) is 0 Å². The third-order valence-corrected chi connectivity index (χ3v) is 11.9. The standard InChI is InChI=1S/C46H75NO15/c1-14-36(51)60-35-25-37(52)56-29(5)18-16-15-17-19-34(50)28(4)24-33(20-22-48)41(42(35)53-12)62-45-43(59-32(8)49)39(47(10)11)40(30(6)58-45)61-38-26-46(9,54-13)44(31(7)57-38)55-23-21-27(2)3/h15-17,19,22,27-31,33,35,38-45H,14,18,20-21,23-26H2,1-13H3/b16-15+,19-17+/t28-,29-,30-,31+,33+,35-,38+,39+,40-,41+,42+,43-,44+,45+,46-/m1/s1. The Balaban J connectivity index is 2.10. The van der Waals surface area contributed by atoms with E-state index in [1.165, 1.54) is 20.1 Å². The van der Waals surface area contributed by atoms with Crippen molar-refractivity contribution in [2.45, 2.75) is 186 Å². The Morgan fingerprint density at radius 1 is 0.968 bits per heavy atom. The molecule has 0 aliphatic carbocycles. The third-order valence-electron chi connectivity index (χ3n) is 11.9. The summed E-state index contributed by atoms with van der Waals surface area (Å²) in [4.78, 5) is 67.1. The monoisotopic (exact) mass is 882 g/mol. The van der Waals surface area contributed by atoms with Gasteiger partial charge in [-0.25, -0.2) is 0 Å². The Hall–Kier alpha value is -3.09.